The van der Waals surface area contributed by atoms with Crippen LogP contribution in [-0.2, 0) is 4.65 Å². The van der Waals surface area contributed by atoms with Crippen LogP contribution in [0.15, 0.2) is 24.3 Å². The number of carbonyl (C=O) groups is 1. The van der Waals surface area contributed by atoms with Gasteiger partial charge in [-0.3, -0.25) is 4.79 Å². The molecular formula is C9H12BNO3. The molecule has 0 aliphatic rings. The number of primary amides is 1. The zero-order valence-electron chi connectivity index (χ0n) is 7.93. The largest absolute Gasteiger partial charge is 0.491 e. The van der Waals surface area contributed by atoms with Crippen LogP contribution < -0.4 is 11.2 Å². The van der Waals surface area contributed by atoms with Crippen molar-refractivity contribution in [3.8, 4) is 0 Å². The Balaban J connectivity index is 2.77. The van der Waals surface area contributed by atoms with Crippen molar-refractivity contribution in [1.82, 2.24) is 0 Å². The molecule has 0 unspecified atom stereocenters. The molecule has 0 aromatic heterocycles. The molecule has 14 heavy (non-hydrogen) atoms. The average molecular weight is 193 g/mol. The predicted molar refractivity (Wildman–Crippen MR) is 54.2 cm³/mol. The van der Waals surface area contributed by atoms with Crippen molar-refractivity contribution in [3.63, 3.8) is 0 Å². The highest BCUT2D eigenvalue weighted by Gasteiger charge is 2.15. The zero-order chi connectivity index (χ0) is 10.6. The van der Waals surface area contributed by atoms with Crippen LogP contribution >= 0.6 is 0 Å². The van der Waals surface area contributed by atoms with Crippen LogP contribution in [0.4, 0.5) is 0 Å². The molecule has 0 atom stereocenters. The van der Waals surface area contributed by atoms with Gasteiger partial charge in [0.05, 0.1) is 0 Å². The van der Waals surface area contributed by atoms with Gasteiger partial charge >= 0.3 is 7.12 Å². The van der Waals surface area contributed by atoms with Crippen molar-refractivity contribution in [2.75, 3.05) is 6.61 Å². The average Bonchev–Trinajstić information content (AvgIpc) is 2.18. The molecule has 0 heterocycles. The molecule has 0 saturated heterocycles. The van der Waals surface area contributed by atoms with E-state index in [1.54, 1.807) is 31.2 Å². The summed E-state index contributed by atoms with van der Waals surface area (Å²) in [5.41, 5.74) is 6.09. The van der Waals surface area contributed by atoms with Crippen molar-refractivity contribution in [2.45, 2.75) is 6.92 Å². The quantitative estimate of drug-likeness (QED) is 0.633. The van der Waals surface area contributed by atoms with Gasteiger partial charge in [-0.2, -0.15) is 0 Å². The van der Waals surface area contributed by atoms with Gasteiger partial charge in [-0.1, -0.05) is 12.1 Å². The third-order valence-corrected chi connectivity index (χ3v) is 1.80. The van der Waals surface area contributed by atoms with Gasteiger partial charge in [0.2, 0.25) is 5.91 Å². The molecule has 1 aromatic carbocycles. The fraction of sp³-hybridized carbons (Fsp3) is 0.222. The minimum atomic E-state index is -0.943. The van der Waals surface area contributed by atoms with Gasteiger partial charge in [0.25, 0.3) is 0 Å². The molecule has 0 spiro atoms. The van der Waals surface area contributed by atoms with E-state index in [9.17, 15) is 9.82 Å². The van der Waals surface area contributed by atoms with Crippen molar-refractivity contribution in [3.05, 3.63) is 29.8 Å². The van der Waals surface area contributed by atoms with Gasteiger partial charge in [-0.05, 0) is 24.5 Å². The molecule has 74 valence electrons. The van der Waals surface area contributed by atoms with Crippen LogP contribution in [0.5, 0.6) is 0 Å². The number of hydrogen-bond acceptors (Lipinski definition) is 3. The van der Waals surface area contributed by atoms with E-state index in [1.165, 1.54) is 0 Å². The molecule has 0 radical (unpaired) electrons. The lowest BCUT2D eigenvalue weighted by Gasteiger charge is -2.05. The first kappa shape index (κ1) is 10.8. The van der Waals surface area contributed by atoms with E-state index in [1.807, 2.05) is 0 Å². The summed E-state index contributed by atoms with van der Waals surface area (Å²) in [5, 5.41) is 9.41. The number of nitrogens with two attached hydrogens (primary N) is 1. The second-order valence-electron chi connectivity index (χ2n) is 2.79. The summed E-state index contributed by atoms with van der Waals surface area (Å²) in [7, 11) is -0.943. The van der Waals surface area contributed by atoms with Gasteiger partial charge in [0.1, 0.15) is 0 Å². The lowest BCUT2D eigenvalue weighted by Crippen LogP contribution is -2.33. The Morgan fingerprint density at radius 3 is 2.50 bits per heavy atom. The first-order valence-corrected chi connectivity index (χ1v) is 4.34. The Kier molecular flexibility index (Phi) is 3.68. The third-order valence-electron chi connectivity index (χ3n) is 1.80. The highest BCUT2D eigenvalue weighted by atomic mass is 16.5. The Morgan fingerprint density at radius 2 is 2.07 bits per heavy atom. The summed E-state index contributed by atoms with van der Waals surface area (Å²) in [4.78, 5) is 10.7. The Morgan fingerprint density at radius 1 is 1.50 bits per heavy atom. The first-order valence-electron chi connectivity index (χ1n) is 4.34. The molecule has 0 aliphatic carbocycles. The van der Waals surface area contributed by atoms with E-state index in [2.05, 4.69) is 0 Å². The van der Waals surface area contributed by atoms with E-state index in [0.29, 0.717) is 17.6 Å². The number of rotatable bonds is 4. The number of carbonyl (C=O) groups excluding carboxylic acids is 1. The third kappa shape index (κ3) is 2.58. The van der Waals surface area contributed by atoms with Gasteiger partial charge < -0.3 is 15.4 Å². The summed E-state index contributed by atoms with van der Waals surface area (Å²) in [6.07, 6.45) is 0. The molecule has 0 bridgehead atoms. The molecule has 0 aliphatic heterocycles. The fourth-order valence-corrected chi connectivity index (χ4v) is 1.07. The summed E-state index contributed by atoms with van der Waals surface area (Å²) in [5.74, 6) is -0.484. The number of amides is 1. The lowest BCUT2D eigenvalue weighted by molar-refractivity contribution is 0.100. The van der Waals surface area contributed by atoms with E-state index in [0.717, 1.165) is 0 Å². The molecular weight excluding hydrogens is 181 g/mol. The van der Waals surface area contributed by atoms with Crippen molar-refractivity contribution >= 4 is 18.5 Å². The SMILES string of the molecule is CCOB(O)c1ccc(C(N)=O)cc1. The highest BCUT2D eigenvalue weighted by molar-refractivity contribution is 6.59. The maximum absolute atomic E-state index is 10.7. The zero-order valence-corrected chi connectivity index (χ0v) is 7.93. The predicted octanol–water partition coefficient (Wildman–Crippen LogP) is -0.491. The minimum absolute atomic E-state index is 0.414. The molecule has 4 nitrogen and oxygen atoms in total. The molecule has 0 fully saturated rings. The maximum Gasteiger partial charge on any atom is 0.491 e. The molecule has 5 heteroatoms. The fourth-order valence-electron chi connectivity index (χ4n) is 1.07. The molecule has 1 amide bonds. The van der Waals surface area contributed by atoms with Crippen LogP contribution in [0.1, 0.15) is 17.3 Å². The molecule has 3 N–H and O–H groups in total. The van der Waals surface area contributed by atoms with Crippen LogP contribution in [0.2, 0.25) is 0 Å². The summed E-state index contributed by atoms with van der Waals surface area (Å²) in [6.45, 7) is 2.22. The molecule has 1 aromatic rings. The smallest absolute Gasteiger partial charge is 0.423 e. The van der Waals surface area contributed by atoms with Crippen LogP contribution in [0, 0.1) is 0 Å². The van der Waals surface area contributed by atoms with E-state index < -0.39 is 13.0 Å². The van der Waals surface area contributed by atoms with Crippen molar-refractivity contribution in [2.24, 2.45) is 5.73 Å². The second kappa shape index (κ2) is 4.78. The van der Waals surface area contributed by atoms with Crippen molar-refractivity contribution in [1.29, 1.82) is 0 Å². The topological polar surface area (TPSA) is 72.6 Å². The number of hydrogen-bond donors (Lipinski definition) is 2. The van der Waals surface area contributed by atoms with Gasteiger partial charge in [0, 0.05) is 12.2 Å². The minimum Gasteiger partial charge on any atom is -0.423 e. The summed E-state index contributed by atoms with van der Waals surface area (Å²) >= 11 is 0. The second-order valence-corrected chi connectivity index (χ2v) is 2.79. The monoisotopic (exact) mass is 193 g/mol. The van der Waals surface area contributed by atoms with Crippen LogP contribution in [-0.4, -0.2) is 24.7 Å². The highest BCUT2D eigenvalue weighted by Crippen LogP contribution is 1.96. The standard InChI is InChI=1S/C9H12BNO3/c1-2-14-10(13)8-5-3-7(4-6-8)9(11)12/h3-6,13H,2H2,1H3,(H2,11,12). The first-order chi connectivity index (χ1) is 6.65. The normalized spacial score (nSPS) is 9.86. The van der Waals surface area contributed by atoms with Gasteiger partial charge in [-0.25, -0.2) is 0 Å². The Labute approximate surface area is 82.8 Å². The van der Waals surface area contributed by atoms with E-state index in [-0.39, 0.29) is 0 Å². The summed E-state index contributed by atoms with van der Waals surface area (Å²) in [6, 6.07) is 6.33. The Hall–Kier alpha value is -1.33. The van der Waals surface area contributed by atoms with Gasteiger partial charge in [0.15, 0.2) is 0 Å². The van der Waals surface area contributed by atoms with E-state index >= 15 is 0 Å². The van der Waals surface area contributed by atoms with Crippen LogP contribution in [0.3, 0.4) is 0 Å². The van der Waals surface area contributed by atoms with Crippen LogP contribution in [0.25, 0.3) is 0 Å². The lowest BCUT2D eigenvalue weighted by atomic mass is 9.79. The van der Waals surface area contributed by atoms with E-state index in [4.69, 9.17) is 10.4 Å². The molecule has 1 rings (SSSR count). The summed E-state index contributed by atoms with van der Waals surface area (Å²) < 4.78 is 4.97. The maximum atomic E-state index is 10.7. The molecule has 0 saturated carbocycles. The van der Waals surface area contributed by atoms with Crippen molar-refractivity contribution < 1.29 is 14.5 Å². The Bertz CT molecular complexity index is 312. The van der Waals surface area contributed by atoms with Gasteiger partial charge in [-0.15, -0.1) is 0 Å². The number of benzene rings is 1.